The summed E-state index contributed by atoms with van der Waals surface area (Å²) >= 11 is -3.19. The molecule has 0 aromatic heterocycles. The van der Waals surface area contributed by atoms with Crippen LogP contribution in [0.3, 0.4) is 0 Å². The van der Waals surface area contributed by atoms with E-state index in [-0.39, 0.29) is 24.8 Å². The van der Waals surface area contributed by atoms with Crippen molar-refractivity contribution in [2.24, 2.45) is 11.8 Å². The molecule has 10 rings (SSSR count). The number of fused-ring (bicyclic) bond motifs is 3. The number of hydrogen-bond acceptors (Lipinski definition) is 2. The summed E-state index contributed by atoms with van der Waals surface area (Å²) in [5.74, 6) is 3.36. The van der Waals surface area contributed by atoms with Crippen LogP contribution in [0.4, 0.5) is 0 Å². The summed E-state index contributed by atoms with van der Waals surface area (Å²) in [6.07, 6.45) is 25.5. The Balaban J connectivity index is 0.00000214. The monoisotopic (exact) mass is 848 g/mol. The Morgan fingerprint density at radius 2 is 0.836 bits per heavy atom. The van der Waals surface area contributed by atoms with E-state index < -0.39 is 20.3 Å². The van der Waals surface area contributed by atoms with E-state index in [2.05, 4.69) is 97.1 Å². The predicted octanol–water partition coefficient (Wildman–Crippen LogP) is 8.10. The molecule has 4 unspecified atom stereocenters. The van der Waals surface area contributed by atoms with Gasteiger partial charge in [-0.1, -0.05) is 0 Å². The molecule has 1 aliphatic heterocycles. The topological polar surface area (TPSA) is 18.5 Å². The van der Waals surface area contributed by atoms with Crippen LogP contribution in [0, 0.1) is 11.8 Å². The van der Waals surface area contributed by atoms with E-state index in [9.17, 15) is 0 Å². The van der Waals surface area contributed by atoms with Crippen LogP contribution in [-0.4, -0.2) is 14.2 Å². The molecule has 5 aliphatic carbocycles. The smallest absolute Gasteiger partial charge is 1.00 e. The van der Waals surface area contributed by atoms with E-state index in [0.29, 0.717) is 7.25 Å². The van der Waals surface area contributed by atoms with Gasteiger partial charge in [-0.05, 0) is 0 Å². The number of benzene rings is 4. The van der Waals surface area contributed by atoms with Crippen LogP contribution in [0.1, 0.15) is 119 Å². The largest absolute Gasteiger partial charge is 1.00 e. The third-order valence-corrected chi connectivity index (χ3v) is 31.9. The Bertz CT molecular complexity index is 1910. The summed E-state index contributed by atoms with van der Waals surface area (Å²) in [5, 5.41) is 0. The fraction of sp³-hybridized carbons (Fsp3) is 0.440. The summed E-state index contributed by atoms with van der Waals surface area (Å²) in [5.41, 5.74) is 15.9. The summed E-state index contributed by atoms with van der Waals surface area (Å²) in [7, 11) is 3.55. The van der Waals surface area contributed by atoms with Crippen LogP contribution in [0.15, 0.2) is 96.1 Å². The first-order valence-corrected chi connectivity index (χ1v) is 26.9. The molecule has 55 heavy (non-hydrogen) atoms. The number of halogens is 2. The minimum atomic E-state index is -3.19. The fourth-order valence-electron chi connectivity index (χ4n) is 12.8. The molecule has 0 radical (unpaired) electrons. The van der Waals surface area contributed by atoms with Crippen LogP contribution >= 0.6 is 0 Å². The molecule has 0 bridgehead atoms. The SMILES string of the molecule is COc1ccc(-c2cccc3c2C=C(C2CCCCC2)[CH]3[Zr+2]2([CH]3C(C4CCCCC4)=Cc4c(-c5ccc(OC)cc5)cccc43)[CH]3CCCC[CH]32)cc1.[Cl-].[Cl-]. The van der Waals surface area contributed by atoms with E-state index in [4.69, 9.17) is 9.47 Å². The van der Waals surface area contributed by atoms with Crippen molar-refractivity contribution in [1.29, 1.82) is 0 Å². The first-order valence-electron chi connectivity index (χ1n) is 21.2. The van der Waals surface area contributed by atoms with Crippen molar-refractivity contribution in [1.82, 2.24) is 0 Å². The number of ether oxygens (including phenoxy) is 2. The molecule has 0 amide bonds. The first kappa shape index (κ1) is 39.3. The third kappa shape index (κ3) is 6.56. The Labute approximate surface area is 346 Å². The fourth-order valence-corrected chi connectivity index (χ4v) is 36.1. The Morgan fingerprint density at radius 3 is 1.22 bits per heavy atom. The summed E-state index contributed by atoms with van der Waals surface area (Å²) in [6.45, 7) is 0. The number of rotatable bonds is 8. The van der Waals surface area contributed by atoms with Gasteiger partial charge in [0, 0.05) is 0 Å². The van der Waals surface area contributed by atoms with Crippen molar-refractivity contribution in [2.45, 2.75) is 104 Å². The van der Waals surface area contributed by atoms with Gasteiger partial charge in [0.15, 0.2) is 0 Å². The van der Waals surface area contributed by atoms with Crippen molar-refractivity contribution >= 4 is 12.2 Å². The van der Waals surface area contributed by atoms with Crippen LogP contribution in [0.2, 0.25) is 7.25 Å². The molecule has 286 valence electrons. The standard InChI is InChI=1S/2C22H23O.C6H10.2ClH.Zr/c2*1-23-20-12-10-17(11-13-20)21-9-5-8-18-14-19(15-22(18)21)16-6-3-2-4-7-16;1-2-4-6-5-3-1;;;/h2*5,8-16H,2-4,6-7H2,1H3;1-2H,3-6H2;2*1H;/q;;;;;+2/p-2. The molecule has 4 atom stereocenters. The normalized spacial score (nSPS) is 25.9. The Morgan fingerprint density at radius 1 is 0.455 bits per heavy atom. The minimum Gasteiger partial charge on any atom is -1.00 e. The van der Waals surface area contributed by atoms with Crippen molar-refractivity contribution in [2.75, 3.05) is 14.2 Å². The zero-order chi connectivity index (χ0) is 35.5. The van der Waals surface area contributed by atoms with Gasteiger partial charge in [0.05, 0.1) is 0 Å². The van der Waals surface area contributed by atoms with Crippen molar-refractivity contribution in [3.63, 3.8) is 0 Å². The molecule has 6 aliphatic rings. The molecule has 1 heterocycles. The zero-order valence-electron chi connectivity index (χ0n) is 32.7. The van der Waals surface area contributed by atoms with Crippen LogP contribution in [0.25, 0.3) is 34.4 Å². The molecule has 4 fully saturated rings. The van der Waals surface area contributed by atoms with E-state index in [1.165, 1.54) is 112 Å². The summed E-state index contributed by atoms with van der Waals surface area (Å²) < 4.78 is 14.6. The molecule has 2 nitrogen and oxygen atoms in total. The van der Waals surface area contributed by atoms with Crippen LogP contribution in [-0.2, 0) is 20.3 Å². The van der Waals surface area contributed by atoms with Gasteiger partial charge in [-0.2, -0.15) is 0 Å². The maximum absolute atomic E-state index is 5.60. The minimum absolute atomic E-state index is 0. The summed E-state index contributed by atoms with van der Waals surface area (Å²) in [4.78, 5) is 0. The van der Waals surface area contributed by atoms with Gasteiger partial charge in [0.1, 0.15) is 0 Å². The van der Waals surface area contributed by atoms with Gasteiger partial charge < -0.3 is 24.8 Å². The van der Waals surface area contributed by atoms with Crippen molar-refractivity contribution < 1.29 is 54.6 Å². The van der Waals surface area contributed by atoms with E-state index >= 15 is 0 Å². The molecule has 0 N–H and O–H groups in total. The Hall–Kier alpha value is -2.58. The average Bonchev–Trinajstić information content (AvgIpc) is 3.49. The molecule has 0 spiro atoms. The van der Waals surface area contributed by atoms with Gasteiger partial charge in [0.2, 0.25) is 0 Å². The maximum Gasteiger partial charge on any atom is -1.00 e. The molecule has 3 saturated carbocycles. The average molecular weight is 851 g/mol. The number of hydrogen-bond donors (Lipinski definition) is 0. The summed E-state index contributed by atoms with van der Waals surface area (Å²) in [6, 6.07) is 32.7. The maximum atomic E-state index is 5.60. The third-order valence-electron chi connectivity index (χ3n) is 15.1. The first-order chi connectivity index (χ1) is 26.2. The quantitative estimate of drug-likeness (QED) is 0.179. The molecule has 4 aromatic rings. The van der Waals surface area contributed by atoms with E-state index in [0.717, 1.165) is 30.6 Å². The van der Waals surface area contributed by atoms with Crippen molar-refractivity contribution in [3.8, 4) is 33.8 Å². The van der Waals surface area contributed by atoms with E-state index in [1.807, 2.05) is 11.1 Å². The van der Waals surface area contributed by atoms with Gasteiger partial charge in [-0.3, -0.25) is 0 Å². The molecule has 1 saturated heterocycles. The second-order valence-corrected chi connectivity index (χ2v) is 28.8. The van der Waals surface area contributed by atoms with Crippen LogP contribution in [0.5, 0.6) is 11.5 Å². The molecular formula is C50H56Cl2O2Zr. The van der Waals surface area contributed by atoms with Crippen molar-refractivity contribution in [3.05, 3.63) is 118 Å². The second kappa shape index (κ2) is 16.4. The second-order valence-electron chi connectivity index (χ2n) is 17.4. The zero-order valence-corrected chi connectivity index (χ0v) is 36.6. The van der Waals surface area contributed by atoms with E-state index in [1.54, 1.807) is 36.5 Å². The van der Waals surface area contributed by atoms with Crippen LogP contribution < -0.4 is 34.3 Å². The van der Waals surface area contributed by atoms with Gasteiger partial charge in [0.25, 0.3) is 0 Å². The molecule has 4 aromatic carbocycles. The molecule has 5 heteroatoms. The number of methoxy groups -OCH3 is 2. The van der Waals surface area contributed by atoms with Gasteiger partial charge in [-0.25, -0.2) is 0 Å². The molecular weight excluding hydrogens is 795 g/mol. The number of allylic oxidation sites excluding steroid dienone is 2. The Kier molecular flexibility index (Phi) is 11.7. The van der Waals surface area contributed by atoms with Gasteiger partial charge >= 0.3 is 324 Å². The van der Waals surface area contributed by atoms with Gasteiger partial charge in [-0.15, -0.1) is 0 Å². The predicted molar refractivity (Wildman–Crippen MR) is 217 cm³/mol.